The van der Waals surface area contributed by atoms with E-state index in [2.05, 4.69) is 4.90 Å². The highest BCUT2D eigenvalue weighted by atomic mass is 16.2. The fourth-order valence-electron chi connectivity index (χ4n) is 3.74. The molecule has 0 spiro atoms. The molecule has 7 heteroatoms. The van der Waals surface area contributed by atoms with Gasteiger partial charge in [-0.2, -0.15) is 0 Å². The lowest BCUT2D eigenvalue weighted by Crippen LogP contribution is -2.58. The van der Waals surface area contributed by atoms with E-state index in [0.717, 1.165) is 0 Å². The standard InChI is InChI=1S/C20H28N4O3/c1-16(19(26)23-14-10-22(11-15-23)17(2)25)21-8-12-24(13-9-21)20(27)18-6-4-3-5-7-18/h3-7,16H,8-15H2,1-2H3. The number of carbonyl (C=O) groups excluding carboxylic acids is 3. The summed E-state index contributed by atoms with van der Waals surface area (Å²) in [6.07, 6.45) is 0. The van der Waals surface area contributed by atoms with Gasteiger partial charge < -0.3 is 14.7 Å². The molecule has 2 fully saturated rings. The van der Waals surface area contributed by atoms with Gasteiger partial charge in [-0.3, -0.25) is 19.3 Å². The maximum Gasteiger partial charge on any atom is 0.253 e. The van der Waals surface area contributed by atoms with Crippen LogP contribution in [0.25, 0.3) is 0 Å². The molecule has 3 amide bonds. The normalized spacial score (nSPS) is 19.7. The molecule has 2 heterocycles. The molecule has 146 valence electrons. The highest BCUT2D eigenvalue weighted by molar-refractivity contribution is 5.94. The van der Waals surface area contributed by atoms with Crippen LogP contribution >= 0.6 is 0 Å². The summed E-state index contributed by atoms with van der Waals surface area (Å²) in [6, 6.07) is 9.11. The van der Waals surface area contributed by atoms with Crippen molar-refractivity contribution in [3.05, 3.63) is 35.9 Å². The van der Waals surface area contributed by atoms with Gasteiger partial charge in [0.15, 0.2) is 0 Å². The number of nitrogens with zero attached hydrogens (tertiary/aromatic N) is 4. The van der Waals surface area contributed by atoms with Crippen LogP contribution in [0.3, 0.4) is 0 Å². The second-order valence-electron chi connectivity index (χ2n) is 7.20. The molecule has 0 N–H and O–H groups in total. The average molecular weight is 372 g/mol. The fraction of sp³-hybridized carbons (Fsp3) is 0.550. The van der Waals surface area contributed by atoms with E-state index in [1.54, 1.807) is 11.8 Å². The van der Waals surface area contributed by atoms with Gasteiger partial charge in [-0.25, -0.2) is 0 Å². The molecule has 2 saturated heterocycles. The highest BCUT2D eigenvalue weighted by Gasteiger charge is 2.31. The van der Waals surface area contributed by atoms with E-state index in [-0.39, 0.29) is 23.8 Å². The first-order valence-electron chi connectivity index (χ1n) is 9.60. The van der Waals surface area contributed by atoms with Gasteiger partial charge in [0.05, 0.1) is 6.04 Å². The summed E-state index contributed by atoms with van der Waals surface area (Å²) >= 11 is 0. The molecule has 1 atom stereocenters. The Labute approximate surface area is 160 Å². The lowest BCUT2D eigenvalue weighted by Gasteiger charge is -2.41. The zero-order chi connectivity index (χ0) is 19.4. The number of hydrogen-bond donors (Lipinski definition) is 0. The molecule has 1 unspecified atom stereocenters. The Kier molecular flexibility index (Phi) is 6.11. The van der Waals surface area contributed by atoms with E-state index in [1.807, 2.05) is 47.1 Å². The number of hydrogen-bond acceptors (Lipinski definition) is 4. The van der Waals surface area contributed by atoms with Crippen molar-refractivity contribution in [2.45, 2.75) is 19.9 Å². The van der Waals surface area contributed by atoms with Crippen molar-refractivity contribution in [2.75, 3.05) is 52.4 Å². The zero-order valence-corrected chi connectivity index (χ0v) is 16.1. The Balaban J connectivity index is 1.49. The minimum absolute atomic E-state index is 0.0505. The van der Waals surface area contributed by atoms with Crippen LogP contribution < -0.4 is 0 Å². The molecule has 0 radical (unpaired) electrons. The predicted molar refractivity (Wildman–Crippen MR) is 102 cm³/mol. The Bertz CT molecular complexity index is 678. The topological polar surface area (TPSA) is 64.2 Å². The summed E-state index contributed by atoms with van der Waals surface area (Å²) in [7, 11) is 0. The lowest BCUT2D eigenvalue weighted by atomic mass is 10.1. The van der Waals surface area contributed by atoms with E-state index < -0.39 is 0 Å². The highest BCUT2D eigenvalue weighted by Crippen LogP contribution is 2.13. The summed E-state index contributed by atoms with van der Waals surface area (Å²) in [5.74, 6) is 0.227. The number of rotatable bonds is 3. The number of amides is 3. The van der Waals surface area contributed by atoms with Crippen LogP contribution in [0.4, 0.5) is 0 Å². The van der Waals surface area contributed by atoms with Gasteiger partial charge in [0.2, 0.25) is 11.8 Å². The van der Waals surface area contributed by atoms with Crippen LogP contribution in [-0.4, -0.2) is 95.7 Å². The van der Waals surface area contributed by atoms with Crippen molar-refractivity contribution in [3.63, 3.8) is 0 Å². The van der Waals surface area contributed by atoms with Crippen molar-refractivity contribution < 1.29 is 14.4 Å². The minimum Gasteiger partial charge on any atom is -0.339 e. The van der Waals surface area contributed by atoms with Crippen LogP contribution in [0.5, 0.6) is 0 Å². The Morgan fingerprint density at radius 2 is 1.30 bits per heavy atom. The van der Waals surface area contributed by atoms with E-state index in [1.165, 1.54) is 0 Å². The SMILES string of the molecule is CC(=O)N1CCN(C(=O)C(C)N2CCN(C(=O)c3ccccc3)CC2)CC1. The van der Waals surface area contributed by atoms with Crippen molar-refractivity contribution in [3.8, 4) is 0 Å². The van der Waals surface area contributed by atoms with Crippen molar-refractivity contribution >= 4 is 17.7 Å². The predicted octanol–water partition coefficient (Wildman–Crippen LogP) is 0.524. The third-order valence-electron chi connectivity index (χ3n) is 5.56. The number of piperazine rings is 2. The van der Waals surface area contributed by atoms with E-state index >= 15 is 0 Å². The van der Waals surface area contributed by atoms with E-state index in [9.17, 15) is 14.4 Å². The summed E-state index contributed by atoms with van der Waals surface area (Å²) in [4.78, 5) is 44.4. The smallest absolute Gasteiger partial charge is 0.253 e. The molecule has 1 aromatic rings. The molecule has 0 saturated carbocycles. The number of benzene rings is 1. The third-order valence-corrected chi connectivity index (χ3v) is 5.56. The monoisotopic (exact) mass is 372 g/mol. The van der Waals surface area contributed by atoms with Gasteiger partial charge in [0.25, 0.3) is 5.91 Å². The van der Waals surface area contributed by atoms with Gasteiger partial charge in [-0.05, 0) is 19.1 Å². The molecule has 1 aromatic carbocycles. The summed E-state index contributed by atoms with van der Waals surface area (Å²) in [5, 5.41) is 0. The van der Waals surface area contributed by atoms with Gasteiger partial charge in [0.1, 0.15) is 0 Å². The van der Waals surface area contributed by atoms with Crippen molar-refractivity contribution in [1.29, 1.82) is 0 Å². The second kappa shape index (κ2) is 8.52. The number of carbonyl (C=O) groups is 3. The van der Waals surface area contributed by atoms with E-state index in [4.69, 9.17) is 0 Å². The maximum absolute atomic E-state index is 12.8. The first-order chi connectivity index (χ1) is 13.0. The Hall–Kier alpha value is -2.41. The third kappa shape index (κ3) is 4.47. The molecule has 0 bridgehead atoms. The van der Waals surface area contributed by atoms with Gasteiger partial charge in [0, 0.05) is 64.8 Å². The van der Waals surface area contributed by atoms with Gasteiger partial charge in [-0.1, -0.05) is 18.2 Å². The lowest BCUT2D eigenvalue weighted by molar-refractivity contribution is -0.142. The first-order valence-corrected chi connectivity index (χ1v) is 9.60. The average Bonchev–Trinajstić information content (AvgIpc) is 2.73. The van der Waals surface area contributed by atoms with Crippen molar-refractivity contribution in [1.82, 2.24) is 19.6 Å². The molecule has 2 aliphatic rings. The largest absolute Gasteiger partial charge is 0.339 e. The summed E-state index contributed by atoms with van der Waals surface area (Å²) < 4.78 is 0. The van der Waals surface area contributed by atoms with Crippen LogP contribution in [-0.2, 0) is 9.59 Å². The van der Waals surface area contributed by atoms with Gasteiger partial charge >= 0.3 is 0 Å². The zero-order valence-electron chi connectivity index (χ0n) is 16.1. The van der Waals surface area contributed by atoms with Crippen LogP contribution in [0.2, 0.25) is 0 Å². The first kappa shape index (κ1) is 19.4. The van der Waals surface area contributed by atoms with Crippen molar-refractivity contribution in [2.24, 2.45) is 0 Å². The molecule has 7 nitrogen and oxygen atoms in total. The maximum atomic E-state index is 12.8. The summed E-state index contributed by atoms with van der Waals surface area (Å²) in [6.45, 7) is 8.54. The summed E-state index contributed by atoms with van der Waals surface area (Å²) in [5.41, 5.74) is 0.707. The van der Waals surface area contributed by atoms with Crippen LogP contribution in [0, 0.1) is 0 Å². The molecule has 2 aliphatic heterocycles. The van der Waals surface area contributed by atoms with E-state index in [0.29, 0.717) is 57.9 Å². The molecule has 27 heavy (non-hydrogen) atoms. The molecular formula is C20H28N4O3. The fourth-order valence-corrected chi connectivity index (χ4v) is 3.74. The van der Waals surface area contributed by atoms with Crippen LogP contribution in [0.15, 0.2) is 30.3 Å². The van der Waals surface area contributed by atoms with Gasteiger partial charge in [-0.15, -0.1) is 0 Å². The minimum atomic E-state index is -0.206. The molecular weight excluding hydrogens is 344 g/mol. The Morgan fingerprint density at radius 1 is 0.778 bits per heavy atom. The quantitative estimate of drug-likeness (QED) is 0.776. The van der Waals surface area contributed by atoms with Crippen LogP contribution in [0.1, 0.15) is 24.2 Å². The molecule has 0 aliphatic carbocycles. The molecule has 0 aromatic heterocycles. The molecule has 3 rings (SSSR count). The Morgan fingerprint density at radius 3 is 1.85 bits per heavy atom. The second-order valence-corrected chi connectivity index (χ2v) is 7.20.